The zero-order valence-electron chi connectivity index (χ0n) is 18.1. The molecule has 6 heteroatoms. The first-order valence-corrected chi connectivity index (χ1v) is 9.20. The zero-order chi connectivity index (χ0) is 22.4. The van der Waals surface area contributed by atoms with Crippen molar-refractivity contribution in [3.8, 4) is 11.1 Å². The van der Waals surface area contributed by atoms with Crippen LogP contribution in [0.2, 0.25) is 0 Å². The Morgan fingerprint density at radius 1 is 1.07 bits per heavy atom. The molecular weight excluding hydrogens is 566 g/mol. The van der Waals surface area contributed by atoms with Crippen LogP contribution in [-0.4, -0.2) is 16.0 Å². The molecule has 2 aromatic rings. The summed E-state index contributed by atoms with van der Waals surface area (Å²) < 4.78 is 26.1. The van der Waals surface area contributed by atoms with Gasteiger partial charge in [0.05, 0.1) is 6.61 Å². The summed E-state index contributed by atoms with van der Waals surface area (Å²) in [6, 6.07) is 12.0. The SMILES string of the molecule is CC(C)(C)C(=O)/C=C(\O)C(C)(C)C.OCc1cc[c-]c(-c2[c-]cc(F)cc2F)c1.[Ir]. The van der Waals surface area contributed by atoms with E-state index in [9.17, 15) is 18.7 Å². The van der Waals surface area contributed by atoms with Gasteiger partial charge in [-0.15, -0.1) is 17.7 Å². The maximum Gasteiger partial charge on any atom is 0.164 e. The Morgan fingerprint density at radius 3 is 2.13 bits per heavy atom. The van der Waals surface area contributed by atoms with Crippen LogP contribution in [0.4, 0.5) is 8.78 Å². The molecule has 0 spiro atoms. The molecule has 2 rings (SSSR count). The second kappa shape index (κ2) is 11.5. The van der Waals surface area contributed by atoms with Crippen molar-refractivity contribution in [2.75, 3.05) is 0 Å². The van der Waals surface area contributed by atoms with Gasteiger partial charge < -0.3 is 10.2 Å². The third-order valence-corrected chi connectivity index (χ3v) is 3.95. The number of aliphatic hydroxyl groups is 2. The molecule has 0 unspecified atom stereocenters. The molecular formula is C24H28F2IrO3-2. The Kier molecular flexibility index (Phi) is 10.8. The van der Waals surface area contributed by atoms with Gasteiger partial charge in [-0.2, -0.15) is 29.8 Å². The van der Waals surface area contributed by atoms with Gasteiger partial charge >= 0.3 is 0 Å². The minimum atomic E-state index is -0.689. The Labute approximate surface area is 191 Å². The number of hydrogen-bond donors (Lipinski definition) is 2. The van der Waals surface area contributed by atoms with Crippen molar-refractivity contribution in [3.05, 3.63) is 71.5 Å². The summed E-state index contributed by atoms with van der Waals surface area (Å²) in [5, 5.41) is 18.5. The molecule has 0 bridgehead atoms. The van der Waals surface area contributed by atoms with E-state index in [-0.39, 0.29) is 49.2 Å². The van der Waals surface area contributed by atoms with Gasteiger partial charge in [-0.25, -0.2) is 5.56 Å². The van der Waals surface area contributed by atoms with E-state index >= 15 is 0 Å². The normalized spacial score (nSPS) is 11.8. The molecule has 3 nitrogen and oxygen atoms in total. The summed E-state index contributed by atoms with van der Waals surface area (Å²) in [6.07, 6.45) is 1.33. The monoisotopic (exact) mass is 595 g/mol. The summed E-state index contributed by atoms with van der Waals surface area (Å²) in [6.45, 7) is 11.0. The van der Waals surface area contributed by atoms with Crippen LogP contribution in [0.25, 0.3) is 11.1 Å². The third-order valence-electron chi connectivity index (χ3n) is 3.95. The number of aliphatic hydroxyl groups excluding tert-OH is 2. The molecule has 0 saturated carbocycles. The van der Waals surface area contributed by atoms with Gasteiger partial charge in [0.2, 0.25) is 0 Å². The average molecular weight is 595 g/mol. The first kappa shape index (κ1) is 28.1. The van der Waals surface area contributed by atoms with E-state index in [0.717, 1.165) is 12.1 Å². The Balaban J connectivity index is 0.000000557. The molecule has 0 fully saturated rings. The fourth-order valence-corrected chi connectivity index (χ4v) is 1.96. The number of carbonyl (C=O) groups is 1. The predicted molar refractivity (Wildman–Crippen MR) is 110 cm³/mol. The molecule has 0 heterocycles. The smallest absolute Gasteiger partial charge is 0.164 e. The summed E-state index contributed by atoms with van der Waals surface area (Å²) in [5.41, 5.74) is 0.478. The fourth-order valence-electron chi connectivity index (χ4n) is 1.96. The number of allylic oxidation sites excluding steroid dienone is 2. The van der Waals surface area contributed by atoms with Crippen LogP contribution in [0.5, 0.6) is 0 Å². The third kappa shape index (κ3) is 8.86. The Hall–Kier alpha value is -1.88. The molecule has 1 radical (unpaired) electrons. The van der Waals surface area contributed by atoms with Crippen LogP contribution in [0.3, 0.4) is 0 Å². The van der Waals surface area contributed by atoms with Crippen LogP contribution in [-0.2, 0) is 31.5 Å². The topological polar surface area (TPSA) is 57.5 Å². The van der Waals surface area contributed by atoms with Gasteiger partial charge in [-0.05, 0) is 5.82 Å². The molecule has 0 aliphatic heterocycles. The number of halogens is 2. The summed E-state index contributed by atoms with van der Waals surface area (Å²) in [7, 11) is 0. The second-order valence-electron chi connectivity index (χ2n) is 8.70. The van der Waals surface area contributed by atoms with E-state index in [1.165, 1.54) is 6.08 Å². The molecule has 0 amide bonds. The molecule has 30 heavy (non-hydrogen) atoms. The van der Waals surface area contributed by atoms with E-state index in [2.05, 4.69) is 12.1 Å². The first-order valence-electron chi connectivity index (χ1n) is 9.20. The predicted octanol–water partition coefficient (Wildman–Crippen LogP) is 5.81. The van der Waals surface area contributed by atoms with Crippen molar-refractivity contribution in [1.82, 2.24) is 0 Å². The maximum atomic E-state index is 13.4. The number of hydrogen-bond acceptors (Lipinski definition) is 3. The maximum absolute atomic E-state index is 13.4. The largest absolute Gasteiger partial charge is 0.512 e. The Bertz CT molecular complexity index is 879. The van der Waals surface area contributed by atoms with Crippen molar-refractivity contribution in [1.29, 1.82) is 0 Å². The standard InChI is InChI=1S/C13H8F2O.C11H20O2.Ir/c14-11-4-5-12(13(15)7-11)10-3-1-2-9(6-10)8-16;1-10(2,3)8(12)7-9(13)11(4,5)6;/h1-2,4,6-7,16H,8H2;7,12H,1-6H3;/q-2;;/b;8-7-;. The van der Waals surface area contributed by atoms with Gasteiger partial charge in [0.25, 0.3) is 0 Å². The van der Waals surface area contributed by atoms with Crippen molar-refractivity contribution < 1.29 is 43.9 Å². The molecule has 2 aromatic carbocycles. The van der Waals surface area contributed by atoms with Crippen LogP contribution >= 0.6 is 0 Å². The van der Waals surface area contributed by atoms with Gasteiger partial charge in [0.15, 0.2) is 5.78 Å². The van der Waals surface area contributed by atoms with Crippen molar-refractivity contribution in [2.24, 2.45) is 10.8 Å². The summed E-state index contributed by atoms with van der Waals surface area (Å²) in [4.78, 5) is 11.5. The zero-order valence-corrected chi connectivity index (χ0v) is 20.5. The molecule has 2 N–H and O–H groups in total. The fraction of sp³-hybridized carbons (Fsp3) is 0.375. The molecule has 0 aliphatic carbocycles. The van der Waals surface area contributed by atoms with Crippen molar-refractivity contribution >= 4 is 5.78 Å². The van der Waals surface area contributed by atoms with Crippen LogP contribution < -0.4 is 0 Å². The van der Waals surface area contributed by atoms with E-state index in [4.69, 9.17) is 5.11 Å². The summed E-state index contributed by atoms with van der Waals surface area (Å²) >= 11 is 0. The van der Waals surface area contributed by atoms with E-state index in [1.54, 1.807) is 18.2 Å². The van der Waals surface area contributed by atoms with E-state index in [0.29, 0.717) is 11.1 Å². The minimum absolute atomic E-state index is 0. The van der Waals surface area contributed by atoms with E-state index < -0.39 is 17.0 Å². The quantitative estimate of drug-likeness (QED) is 0.268. The first-order chi connectivity index (χ1) is 13.3. The van der Waals surface area contributed by atoms with Crippen LogP contribution in [0, 0.1) is 34.6 Å². The van der Waals surface area contributed by atoms with Gasteiger partial charge in [0, 0.05) is 42.8 Å². The number of benzene rings is 2. The average Bonchev–Trinajstić information content (AvgIpc) is 2.60. The number of ketones is 1. The molecule has 167 valence electrons. The van der Waals surface area contributed by atoms with Gasteiger partial charge in [0.1, 0.15) is 5.76 Å². The molecule has 0 saturated heterocycles. The van der Waals surface area contributed by atoms with Gasteiger partial charge in [-0.3, -0.25) is 13.6 Å². The molecule has 0 aliphatic rings. The number of carbonyl (C=O) groups excluding carboxylic acids is 1. The molecule has 0 atom stereocenters. The summed E-state index contributed by atoms with van der Waals surface area (Å²) in [5.74, 6) is -1.25. The molecule has 0 aromatic heterocycles. The Morgan fingerprint density at radius 2 is 1.67 bits per heavy atom. The van der Waals surface area contributed by atoms with Crippen molar-refractivity contribution in [3.63, 3.8) is 0 Å². The number of rotatable bonds is 3. The van der Waals surface area contributed by atoms with Crippen LogP contribution in [0.15, 0.2) is 42.2 Å². The van der Waals surface area contributed by atoms with Crippen molar-refractivity contribution in [2.45, 2.75) is 48.1 Å². The van der Waals surface area contributed by atoms with E-state index in [1.807, 2.05) is 41.5 Å². The van der Waals surface area contributed by atoms with Crippen LogP contribution in [0.1, 0.15) is 47.1 Å². The minimum Gasteiger partial charge on any atom is -0.512 e. The second-order valence-corrected chi connectivity index (χ2v) is 8.70. The van der Waals surface area contributed by atoms with Gasteiger partial charge in [-0.1, -0.05) is 47.6 Å².